The Balaban J connectivity index is 1.96. The average molecular weight is 320 g/mol. The molecule has 0 fully saturated rings. The summed E-state index contributed by atoms with van der Waals surface area (Å²) in [4.78, 5) is 12.2. The summed E-state index contributed by atoms with van der Waals surface area (Å²) in [7, 11) is 0. The molecule has 2 nitrogen and oxygen atoms in total. The van der Waals surface area contributed by atoms with Gasteiger partial charge in [0.15, 0.2) is 0 Å². The molecule has 0 aliphatic rings. The van der Waals surface area contributed by atoms with Crippen LogP contribution in [0.15, 0.2) is 89.8 Å². The molecule has 0 aliphatic carbocycles. The van der Waals surface area contributed by atoms with Crippen molar-refractivity contribution >= 4 is 17.7 Å². The van der Waals surface area contributed by atoms with Crippen LogP contribution < -0.4 is 0 Å². The van der Waals surface area contributed by atoms with Crippen molar-refractivity contribution in [3.8, 4) is 0 Å². The van der Waals surface area contributed by atoms with E-state index < -0.39 is 5.97 Å². The van der Waals surface area contributed by atoms with Gasteiger partial charge in [-0.2, -0.15) is 0 Å². The zero-order valence-corrected chi connectivity index (χ0v) is 13.2. The quantitative estimate of drug-likeness (QED) is 0.651. The molecule has 3 heteroatoms. The molecule has 0 bridgehead atoms. The van der Waals surface area contributed by atoms with Crippen LogP contribution in [0.5, 0.6) is 0 Å². The number of benzene rings is 3. The van der Waals surface area contributed by atoms with Crippen molar-refractivity contribution in [2.45, 2.75) is 10.1 Å². The summed E-state index contributed by atoms with van der Waals surface area (Å²) in [5.74, 6) is -0.900. The van der Waals surface area contributed by atoms with Crippen LogP contribution in [0.4, 0.5) is 0 Å². The van der Waals surface area contributed by atoms with E-state index in [0.29, 0.717) is 5.56 Å². The molecule has 0 heterocycles. The lowest BCUT2D eigenvalue weighted by Crippen LogP contribution is -2.00. The number of rotatable bonds is 5. The van der Waals surface area contributed by atoms with Gasteiger partial charge in [0.05, 0.1) is 10.8 Å². The van der Waals surface area contributed by atoms with Gasteiger partial charge < -0.3 is 5.11 Å². The van der Waals surface area contributed by atoms with Crippen molar-refractivity contribution < 1.29 is 9.90 Å². The number of carbonyl (C=O) groups is 1. The molecular weight excluding hydrogens is 304 g/mol. The minimum Gasteiger partial charge on any atom is -0.478 e. The third-order valence-electron chi connectivity index (χ3n) is 3.56. The highest BCUT2D eigenvalue weighted by atomic mass is 32.2. The fourth-order valence-electron chi connectivity index (χ4n) is 2.39. The monoisotopic (exact) mass is 320 g/mol. The summed E-state index contributed by atoms with van der Waals surface area (Å²) in [5.41, 5.74) is 2.60. The van der Waals surface area contributed by atoms with Crippen LogP contribution in [0, 0.1) is 0 Å². The van der Waals surface area contributed by atoms with Crippen LogP contribution in [-0.4, -0.2) is 11.1 Å². The molecule has 1 unspecified atom stereocenters. The van der Waals surface area contributed by atoms with Crippen molar-refractivity contribution in [1.82, 2.24) is 0 Å². The van der Waals surface area contributed by atoms with Gasteiger partial charge in [-0.15, -0.1) is 11.8 Å². The molecule has 0 amide bonds. The Kier molecular flexibility index (Phi) is 4.79. The molecule has 0 saturated heterocycles. The fraction of sp³-hybridized carbons (Fsp3) is 0.0500. The van der Waals surface area contributed by atoms with E-state index in [0.717, 1.165) is 5.56 Å². The minimum absolute atomic E-state index is 0.126. The first-order valence-electron chi connectivity index (χ1n) is 7.34. The molecule has 0 radical (unpaired) electrons. The average Bonchev–Trinajstić information content (AvgIpc) is 2.61. The second kappa shape index (κ2) is 7.16. The zero-order chi connectivity index (χ0) is 16.1. The summed E-state index contributed by atoms with van der Waals surface area (Å²) in [5, 5.41) is 9.19. The minimum atomic E-state index is -0.900. The van der Waals surface area contributed by atoms with Crippen LogP contribution in [0.25, 0.3) is 0 Å². The lowest BCUT2D eigenvalue weighted by molar-refractivity contribution is 0.0697. The molecule has 23 heavy (non-hydrogen) atoms. The lowest BCUT2D eigenvalue weighted by atomic mass is 10.0. The number of carboxylic acids is 1. The molecule has 1 N–H and O–H groups in total. The normalized spacial score (nSPS) is 11.8. The van der Waals surface area contributed by atoms with Gasteiger partial charge in [0.25, 0.3) is 0 Å². The largest absolute Gasteiger partial charge is 0.478 e. The topological polar surface area (TPSA) is 37.3 Å². The van der Waals surface area contributed by atoms with E-state index in [1.807, 2.05) is 48.5 Å². The van der Waals surface area contributed by atoms with E-state index in [9.17, 15) is 4.79 Å². The zero-order valence-electron chi connectivity index (χ0n) is 12.4. The predicted molar refractivity (Wildman–Crippen MR) is 94.0 cm³/mol. The Labute approximate surface area is 139 Å². The maximum atomic E-state index is 11.0. The molecule has 114 valence electrons. The van der Waals surface area contributed by atoms with Gasteiger partial charge in [-0.05, 0) is 35.4 Å². The summed E-state index contributed by atoms with van der Waals surface area (Å²) in [6.45, 7) is 0. The van der Waals surface area contributed by atoms with E-state index in [1.165, 1.54) is 10.5 Å². The fourth-order valence-corrected chi connectivity index (χ4v) is 3.56. The van der Waals surface area contributed by atoms with Crippen LogP contribution >= 0.6 is 11.8 Å². The maximum absolute atomic E-state index is 11.0. The summed E-state index contributed by atoms with van der Waals surface area (Å²) < 4.78 is 0. The Morgan fingerprint density at radius 1 is 0.739 bits per heavy atom. The number of carboxylic acid groups (broad SMARTS) is 1. The Bertz CT molecular complexity index is 768. The molecule has 3 aromatic rings. The Morgan fingerprint density at radius 2 is 1.26 bits per heavy atom. The van der Waals surface area contributed by atoms with Crippen LogP contribution in [0.3, 0.4) is 0 Å². The highest BCUT2D eigenvalue weighted by molar-refractivity contribution is 7.99. The number of thioether (sulfide) groups is 1. The van der Waals surface area contributed by atoms with Gasteiger partial charge in [-0.1, -0.05) is 60.7 Å². The number of hydrogen-bond acceptors (Lipinski definition) is 2. The van der Waals surface area contributed by atoms with Gasteiger partial charge in [0, 0.05) is 4.90 Å². The highest BCUT2D eigenvalue weighted by Crippen LogP contribution is 2.40. The van der Waals surface area contributed by atoms with Crippen molar-refractivity contribution in [1.29, 1.82) is 0 Å². The first-order chi connectivity index (χ1) is 11.2. The van der Waals surface area contributed by atoms with Crippen molar-refractivity contribution in [3.63, 3.8) is 0 Å². The first-order valence-corrected chi connectivity index (χ1v) is 8.22. The van der Waals surface area contributed by atoms with E-state index in [1.54, 1.807) is 23.9 Å². The Morgan fingerprint density at radius 3 is 1.83 bits per heavy atom. The van der Waals surface area contributed by atoms with Crippen LogP contribution in [0.1, 0.15) is 26.7 Å². The standard InChI is InChI=1S/C20H16O2S/c21-20(22)17-13-11-16(12-14-17)19(15-7-3-1-4-8-15)23-18-9-5-2-6-10-18/h1-14,19H,(H,21,22). The van der Waals surface area contributed by atoms with Gasteiger partial charge >= 0.3 is 5.97 Å². The smallest absolute Gasteiger partial charge is 0.335 e. The van der Waals surface area contributed by atoms with E-state index in [2.05, 4.69) is 24.3 Å². The molecule has 0 aliphatic heterocycles. The molecule has 3 aromatic carbocycles. The second-order valence-electron chi connectivity index (χ2n) is 5.15. The first kappa shape index (κ1) is 15.4. The van der Waals surface area contributed by atoms with E-state index in [4.69, 9.17) is 5.11 Å². The SMILES string of the molecule is O=C(O)c1ccc(C(Sc2ccccc2)c2ccccc2)cc1. The summed E-state index contributed by atoms with van der Waals surface area (Å²) in [6.07, 6.45) is 0. The van der Waals surface area contributed by atoms with Crippen LogP contribution in [0.2, 0.25) is 0 Å². The number of hydrogen-bond donors (Lipinski definition) is 1. The van der Waals surface area contributed by atoms with Crippen molar-refractivity contribution in [2.24, 2.45) is 0 Å². The van der Waals surface area contributed by atoms with Gasteiger partial charge in [-0.3, -0.25) is 0 Å². The molecule has 0 aromatic heterocycles. The predicted octanol–water partition coefficient (Wildman–Crippen LogP) is 5.27. The molecular formula is C20H16O2S. The van der Waals surface area contributed by atoms with Crippen molar-refractivity contribution in [3.05, 3.63) is 102 Å². The molecule has 0 saturated carbocycles. The second-order valence-corrected chi connectivity index (χ2v) is 6.33. The van der Waals surface area contributed by atoms with Gasteiger partial charge in [0.2, 0.25) is 0 Å². The third kappa shape index (κ3) is 3.82. The summed E-state index contributed by atoms with van der Waals surface area (Å²) in [6, 6.07) is 27.6. The summed E-state index contributed by atoms with van der Waals surface area (Å²) >= 11 is 1.76. The maximum Gasteiger partial charge on any atom is 0.335 e. The van der Waals surface area contributed by atoms with Gasteiger partial charge in [-0.25, -0.2) is 4.79 Å². The number of aromatic carboxylic acids is 1. The molecule has 1 atom stereocenters. The van der Waals surface area contributed by atoms with Crippen molar-refractivity contribution in [2.75, 3.05) is 0 Å². The lowest BCUT2D eigenvalue weighted by Gasteiger charge is -2.18. The van der Waals surface area contributed by atoms with Gasteiger partial charge in [0.1, 0.15) is 0 Å². The molecule has 3 rings (SSSR count). The van der Waals surface area contributed by atoms with E-state index in [-0.39, 0.29) is 5.25 Å². The Hall–Kier alpha value is -2.52. The highest BCUT2D eigenvalue weighted by Gasteiger charge is 2.16. The molecule has 0 spiro atoms. The third-order valence-corrected chi connectivity index (χ3v) is 4.88. The van der Waals surface area contributed by atoms with Crippen LogP contribution in [-0.2, 0) is 0 Å². The van der Waals surface area contributed by atoms with E-state index >= 15 is 0 Å².